The van der Waals surface area contributed by atoms with Gasteiger partial charge in [0.1, 0.15) is 16.2 Å². The van der Waals surface area contributed by atoms with E-state index in [2.05, 4.69) is 15.0 Å². The van der Waals surface area contributed by atoms with Crippen molar-refractivity contribution in [3.05, 3.63) is 87.7 Å². The van der Waals surface area contributed by atoms with Crippen LogP contribution in [0.2, 0.25) is 5.02 Å². The second-order valence-corrected chi connectivity index (χ2v) is 9.01. The van der Waals surface area contributed by atoms with Crippen LogP contribution in [0.1, 0.15) is 10.4 Å². The normalized spacial score (nSPS) is 11.2. The lowest BCUT2D eigenvalue weighted by Crippen LogP contribution is -2.26. The molecule has 4 aromatic rings. The third-order valence-electron chi connectivity index (χ3n) is 4.75. The van der Waals surface area contributed by atoms with Crippen LogP contribution in [0, 0.1) is 0 Å². The molecule has 0 fully saturated rings. The summed E-state index contributed by atoms with van der Waals surface area (Å²) in [5, 5.41) is 7.88. The fourth-order valence-electron chi connectivity index (χ4n) is 3.02. The number of carbonyl (C=O) groups excluding carboxylic acids is 1. The maximum absolute atomic E-state index is 12.9. The van der Waals surface area contributed by atoms with Crippen LogP contribution in [-0.2, 0) is 21.5 Å². The number of rotatable bonds is 7. The van der Waals surface area contributed by atoms with E-state index in [4.69, 9.17) is 21.1 Å². The van der Waals surface area contributed by atoms with Gasteiger partial charge in [-0.3, -0.25) is 9.52 Å². The van der Waals surface area contributed by atoms with Crippen LogP contribution in [0.3, 0.4) is 0 Å². The molecule has 0 saturated heterocycles. The third kappa shape index (κ3) is 4.85. The number of benzene rings is 3. The summed E-state index contributed by atoms with van der Waals surface area (Å²) in [4.78, 5) is 24.7. The lowest BCUT2D eigenvalue weighted by Gasteiger charge is -2.12. The quantitative estimate of drug-likeness (QED) is 0.383. The molecule has 0 bridgehead atoms. The van der Waals surface area contributed by atoms with Gasteiger partial charge >= 0.3 is 5.97 Å². The molecule has 0 spiro atoms. The summed E-state index contributed by atoms with van der Waals surface area (Å²) in [6, 6.07) is 16.5. The number of methoxy groups -OCH3 is 1. The van der Waals surface area contributed by atoms with Crippen molar-refractivity contribution in [2.24, 2.45) is 0 Å². The number of anilines is 1. The maximum Gasteiger partial charge on any atom is 0.339 e. The van der Waals surface area contributed by atoms with Crippen molar-refractivity contribution in [3.63, 3.8) is 0 Å². The Bertz CT molecular complexity index is 1540. The second-order valence-electron chi connectivity index (χ2n) is 6.95. The minimum absolute atomic E-state index is 0.0821. The Morgan fingerprint density at radius 3 is 2.56 bits per heavy atom. The van der Waals surface area contributed by atoms with Crippen molar-refractivity contribution in [2.75, 3.05) is 11.8 Å². The molecule has 1 aromatic heterocycles. The van der Waals surface area contributed by atoms with Crippen LogP contribution in [-0.4, -0.2) is 36.5 Å². The molecule has 174 valence electrons. The first-order valence-corrected chi connectivity index (χ1v) is 11.6. The number of hydrogen-bond donors (Lipinski definition) is 1. The highest BCUT2D eigenvalue weighted by atomic mass is 35.5. The first-order chi connectivity index (χ1) is 16.3. The average Bonchev–Trinajstić information content (AvgIpc) is 2.84. The highest BCUT2D eigenvalue weighted by Gasteiger charge is 2.21. The first kappa shape index (κ1) is 23.2. The second kappa shape index (κ2) is 9.49. The molecule has 0 saturated carbocycles. The van der Waals surface area contributed by atoms with Gasteiger partial charge in [0.2, 0.25) is 0 Å². The van der Waals surface area contributed by atoms with E-state index in [0.29, 0.717) is 16.7 Å². The van der Waals surface area contributed by atoms with Gasteiger partial charge in [0.15, 0.2) is 6.73 Å². The Balaban J connectivity index is 1.53. The monoisotopic (exact) mass is 500 g/mol. The van der Waals surface area contributed by atoms with E-state index in [0.717, 1.165) is 10.7 Å². The molecule has 1 N–H and O–H groups in total. The van der Waals surface area contributed by atoms with E-state index in [1.54, 1.807) is 36.4 Å². The van der Waals surface area contributed by atoms with E-state index < -0.39 is 28.3 Å². The van der Waals surface area contributed by atoms with Crippen molar-refractivity contribution in [3.8, 4) is 5.75 Å². The van der Waals surface area contributed by atoms with Gasteiger partial charge in [-0.05, 0) is 54.6 Å². The smallest absolute Gasteiger partial charge is 0.339 e. The van der Waals surface area contributed by atoms with Gasteiger partial charge in [-0.1, -0.05) is 28.9 Å². The summed E-state index contributed by atoms with van der Waals surface area (Å²) >= 11 is 6.09. The number of hydrogen-bond acceptors (Lipinski definition) is 8. The summed E-state index contributed by atoms with van der Waals surface area (Å²) < 4.78 is 39.2. The van der Waals surface area contributed by atoms with Gasteiger partial charge in [-0.25, -0.2) is 13.2 Å². The van der Waals surface area contributed by atoms with Crippen LogP contribution < -0.4 is 15.0 Å². The van der Waals surface area contributed by atoms with Gasteiger partial charge in [-0.15, -0.1) is 5.10 Å². The lowest BCUT2D eigenvalue weighted by atomic mass is 10.2. The number of aromatic nitrogens is 3. The van der Waals surface area contributed by atoms with Crippen LogP contribution >= 0.6 is 11.6 Å². The molecule has 10 nitrogen and oxygen atoms in total. The van der Waals surface area contributed by atoms with E-state index in [1.807, 2.05) is 0 Å². The van der Waals surface area contributed by atoms with Gasteiger partial charge in [0, 0.05) is 5.69 Å². The van der Waals surface area contributed by atoms with Crippen LogP contribution in [0.4, 0.5) is 5.69 Å². The predicted octanol–water partition coefficient (Wildman–Crippen LogP) is 3.07. The average molecular weight is 501 g/mol. The molecule has 3 aromatic carbocycles. The fourth-order valence-corrected chi connectivity index (χ4v) is 4.60. The third-order valence-corrected chi connectivity index (χ3v) is 6.61. The Labute approximate surface area is 198 Å². The van der Waals surface area contributed by atoms with E-state index in [-0.39, 0.29) is 21.2 Å². The summed E-state index contributed by atoms with van der Waals surface area (Å²) in [5.41, 5.74) is 0.119. The zero-order valence-electron chi connectivity index (χ0n) is 17.6. The topological polar surface area (TPSA) is 129 Å². The van der Waals surface area contributed by atoms with Gasteiger partial charge in [0.05, 0.1) is 23.1 Å². The maximum atomic E-state index is 12.9. The molecule has 0 amide bonds. The number of nitrogens with one attached hydrogen (secondary N) is 1. The van der Waals surface area contributed by atoms with Crippen LogP contribution in [0.25, 0.3) is 10.9 Å². The Morgan fingerprint density at radius 1 is 1.09 bits per heavy atom. The summed E-state index contributed by atoms with van der Waals surface area (Å²) in [6.07, 6.45) is 0. The summed E-state index contributed by atoms with van der Waals surface area (Å²) in [6.45, 7) is -0.510. The highest BCUT2D eigenvalue weighted by molar-refractivity contribution is 7.92. The standard InChI is InChI=1S/C22H17ClN4O6S/c1-32-16-9-7-15(8-10-16)25-34(30,31)20-12-14(6-11-18(20)23)22(29)33-13-27-21(28)17-4-2-3-5-19(17)24-26-27/h2-12,25H,13H2,1H3. The molecule has 0 aliphatic carbocycles. The predicted molar refractivity (Wildman–Crippen MR) is 124 cm³/mol. The molecule has 0 aliphatic heterocycles. The summed E-state index contributed by atoms with van der Waals surface area (Å²) in [7, 11) is -2.63. The highest BCUT2D eigenvalue weighted by Crippen LogP contribution is 2.26. The van der Waals surface area contributed by atoms with Crippen molar-refractivity contribution in [2.45, 2.75) is 11.6 Å². The zero-order chi connectivity index (χ0) is 24.3. The molecule has 12 heteroatoms. The summed E-state index contributed by atoms with van der Waals surface area (Å²) in [5.74, 6) is -0.319. The number of fused-ring (bicyclic) bond motifs is 1. The molecular weight excluding hydrogens is 484 g/mol. The number of ether oxygens (including phenoxy) is 2. The Kier molecular flexibility index (Phi) is 6.48. The molecule has 34 heavy (non-hydrogen) atoms. The van der Waals surface area contributed by atoms with Crippen LogP contribution in [0.5, 0.6) is 5.75 Å². The van der Waals surface area contributed by atoms with Gasteiger partial charge < -0.3 is 9.47 Å². The van der Waals surface area contributed by atoms with Gasteiger partial charge in [0.25, 0.3) is 15.6 Å². The van der Waals surface area contributed by atoms with E-state index in [9.17, 15) is 18.0 Å². The minimum atomic E-state index is -4.13. The van der Waals surface area contributed by atoms with E-state index in [1.165, 1.54) is 31.4 Å². The molecular formula is C22H17ClN4O6S. The van der Waals surface area contributed by atoms with E-state index >= 15 is 0 Å². The van der Waals surface area contributed by atoms with Crippen LogP contribution in [0.15, 0.2) is 76.4 Å². The number of sulfonamides is 1. The number of esters is 1. The van der Waals surface area contributed by atoms with Crippen molar-refractivity contribution < 1.29 is 22.7 Å². The Hall–Kier alpha value is -3.96. The number of carbonyl (C=O) groups is 1. The zero-order valence-corrected chi connectivity index (χ0v) is 19.2. The van der Waals surface area contributed by atoms with Crippen molar-refractivity contribution in [1.29, 1.82) is 0 Å². The van der Waals surface area contributed by atoms with Crippen molar-refractivity contribution in [1.82, 2.24) is 15.0 Å². The molecule has 0 aliphatic rings. The molecule has 0 atom stereocenters. The number of nitrogens with zero attached hydrogens (tertiary/aromatic N) is 3. The molecule has 4 rings (SSSR count). The van der Waals surface area contributed by atoms with Crippen molar-refractivity contribution >= 4 is 44.2 Å². The molecule has 0 radical (unpaired) electrons. The Morgan fingerprint density at radius 2 is 1.82 bits per heavy atom. The molecule has 0 unspecified atom stereocenters. The largest absolute Gasteiger partial charge is 0.497 e. The SMILES string of the molecule is COc1ccc(NS(=O)(=O)c2cc(C(=O)OCn3nnc4ccccc4c3=O)ccc2Cl)cc1. The minimum Gasteiger partial charge on any atom is -0.497 e. The van der Waals surface area contributed by atoms with Gasteiger partial charge in [-0.2, -0.15) is 4.68 Å². The fraction of sp³-hybridized carbons (Fsp3) is 0.0909. The first-order valence-electron chi connectivity index (χ1n) is 9.74. The molecule has 1 heterocycles. The number of halogens is 1. The lowest BCUT2D eigenvalue weighted by molar-refractivity contribution is 0.0336.